The highest BCUT2D eigenvalue weighted by molar-refractivity contribution is 5.36. The number of hydrogen-bond acceptors (Lipinski definition) is 1. The summed E-state index contributed by atoms with van der Waals surface area (Å²) < 4.78 is 6.36. The Morgan fingerprint density at radius 1 is 1.06 bits per heavy atom. The quantitative estimate of drug-likeness (QED) is 0.566. The maximum absolute atomic E-state index is 6.36. The van der Waals surface area contributed by atoms with E-state index in [-0.39, 0.29) is 5.60 Å². The molecule has 0 aromatic heterocycles. The van der Waals surface area contributed by atoms with Gasteiger partial charge in [0.15, 0.2) is 0 Å². The molecule has 1 heterocycles. The van der Waals surface area contributed by atoms with E-state index in [0.717, 1.165) is 11.8 Å². The minimum atomic E-state index is 0.262. The van der Waals surface area contributed by atoms with Crippen molar-refractivity contribution in [2.45, 2.75) is 71.0 Å². The van der Waals surface area contributed by atoms with Crippen molar-refractivity contribution in [3.8, 4) is 0 Å². The Morgan fingerprint density at radius 2 is 1.81 bits per heavy atom. The first kappa shape index (κ1) is 9.94. The number of ether oxygens (including phenoxy) is 1. The van der Waals surface area contributed by atoms with Crippen LogP contribution in [-0.4, -0.2) is 11.2 Å². The summed E-state index contributed by atoms with van der Waals surface area (Å²) in [6.07, 6.45) is 6.98. The smallest absolute Gasteiger partial charge is 0.104 e. The fraction of sp³-hybridized carbons (Fsp3) is 1.00. The zero-order chi connectivity index (χ0) is 11.4. The van der Waals surface area contributed by atoms with E-state index in [1.165, 1.54) is 32.1 Å². The van der Waals surface area contributed by atoms with E-state index in [2.05, 4.69) is 27.7 Å². The minimum absolute atomic E-state index is 0.262. The standard InChI is InChI=1S/C15H24O/c1-10-5-6-11-9-15-13(4,16-15)7-8-14(10,15)12(11,2)3/h10-11H,5-9H2,1-4H3. The number of fused-ring (bicyclic) bond motifs is 1. The van der Waals surface area contributed by atoms with Gasteiger partial charge in [0.05, 0.1) is 5.60 Å². The van der Waals surface area contributed by atoms with Gasteiger partial charge < -0.3 is 4.74 Å². The Balaban J connectivity index is 1.95. The molecule has 1 saturated heterocycles. The van der Waals surface area contributed by atoms with Crippen molar-refractivity contribution in [1.82, 2.24) is 0 Å². The molecule has 0 aromatic carbocycles. The Kier molecular flexibility index (Phi) is 1.40. The van der Waals surface area contributed by atoms with Crippen molar-refractivity contribution in [3.05, 3.63) is 0 Å². The van der Waals surface area contributed by atoms with E-state index in [9.17, 15) is 0 Å². The molecule has 5 atom stereocenters. The third kappa shape index (κ3) is 0.652. The molecule has 90 valence electrons. The van der Waals surface area contributed by atoms with Crippen molar-refractivity contribution in [2.75, 3.05) is 0 Å². The molecule has 5 unspecified atom stereocenters. The molecule has 16 heavy (non-hydrogen) atoms. The second-order valence-corrected chi connectivity index (χ2v) is 7.73. The molecule has 1 heteroatoms. The maximum atomic E-state index is 6.36. The van der Waals surface area contributed by atoms with E-state index in [4.69, 9.17) is 4.74 Å². The largest absolute Gasteiger partial charge is 0.362 e. The molecular weight excluding hydrogens is 196 g/mol. The molecule has 2 bridgehead atoms. The van der Waals surface area contributed by atoms with Crippen LogP contribution in [0, 0.1) is 22.7 Å². The van der Waals surface area contributed by atoms with E-state index in [0.29, 0.717) is 16.4 Å². The van der Waals surface area contributed by atoms with Crippen molar-refractivity contribution in [1.29, 1.82) is 0 Å². The first-order valence-corrected chi connectivity index (χ1v) is 7.10. The average Bonchev–Trinajstić information content (AvgIpc) is 2.67. The summed E-state index contributed by atoms with van der Waals surface area (Å²) in [5.41, 5.74) is 1.58. The maximum Gasteiger partial charge on any atom is 0.104 e. The van der Waals surface area contributed by atoms with Crippen molar-refractivity contribution >= 4 is 0 Å². The van der Waals surface area contributed by atoms with Gasteiger partial charge in [0, 0.05) is 5.41 Å². The Hall–Kier alpha value is -0.0400. The fourth-order valence-corrected chi connectivity index (χ4v) is 6.50. The molecule has 1 aliphatic heterocycles. The molecule has 0 radical (unpaired) electrons. The summed E-state index contributed by atoms with van der Waals surface area (Å²) in [4.78, 5) is 0. The molecule has 3 saturated carbocycles. The SMILES string of the molecule is CC1CCC2CC34OC3(C)CCC14C2(C)C. The first-order chi connectivity index (χ1) is 7.40. The number of rotatable bonds is 0. The molecule has 0 N–H and O–H groups in total. The van der Waals surface area contributed by atoms with Gasteiger partial charge in [0.25, 0.3) is 0 Å². The lowest BCUT2D eigenvalue weighted by Gasteiger charge is -2.52. The van der Waals surface area contributed by atoms with Gasteiger partial charge in [0.1, 0.15) is 5.60 Å². The van der Waals surface area contributed by atoms with Crippen LogP contribution in [0.3, 0.4) is 0 Å². The minimum Gasteiger partial charge on any atom is -0.362 e. The molecule has 0 amide bonds. The Bertz CT molecular complexity index is 374. The molecule has 2 spiro atoms. The van der Waals surface area contributed by atoms with Crippen LogP contribution in [-0.2, 0) is 4.74 Å². The summed E-state index contributed by atoms with van der Waals surface area (Å²) in [6, 6.07) is 0. The lowest BCUT2D eigenvalue weighted by molar-refractivity contribution is -0.0665. The summed E-state index contributed by atoms with van der Waals surface area (Å²) in [5, 5.41) is 0. The molecule has 1 nitrogen and oxygen atoms in total. The molecule has 4 fully saturated rings. The molecule has 0 aromatic rings. The topological polar surface area (TPSA) is 12.5 Å². The average molecular weight is 220 g/mol. The number of epoxide rings is 1. The van der Waals surface area contributed by atoms with Crippen molar-refractivity contribution < 1.29 is 4.74 Å². The van der Waals surface area contributed by atoms with E-state index in [1.54, 1.807) is 0 Å². The number of hydrogen-bond donors (Lipinski definition) is 0. The molecular formula is C15H24O. The molecule has 4 aliphatic rings. The van der Waals surface area contributed by atoms with Gasteiger partial charge in [-0.1, -0.05) is 20.8 Å². The summed E-state index contributed by atoms with van der Waals surface area (Å²) in [5.74, 6) is 1.79. The van der Waals surface area contributed by atoms with Gasteiger partial charge in [-0.05, 0) is 56.3 Å². The fourth-order valence-electron chi connectivity index (χ4n) is 6.50. The van der Waals surface area contributed by atoms with E-state index >= 15 is 0 Å². The first-order valence-electron chi connectivity index (χ1n) is 7.10. The highest BCUT2D eigenvalue weighted by Gasteiger charge is 2.88. The van der Waals surface area contributed by atoms with Crippen LogP contribution in [0.5, 0.6) is 0 Å². The van der Waals surface area contributed by atoms with Crippen molar-refractivity contribution in [2.24, 2.45) is 22.7 Å². The lowest BCUT2D eigenvalue weighted by Crippen LogP contribution is -2.49. The zero-order valence-corrected chi connectivity index (χ0v) is 11.1. The van der Waals surface area contributed by atoms with Crippen LogP contribution < -0.4 is 0 Å². The second-order valence-electron chi connectivity index (χ2n) is 7.73. The van der Waals surface area contributed by atoms with E-state index in [1.807, 2.05) is 0 Å². The van der Waals surface area contributed by atoms with Gasteiger partial charge in [-0.2, -0.15) is 0 Å². The second kappa shape index (κ2) is 2.25. The van der Waals surface area contributed by atoms with Gasteiger partial charge in [-0.3, -0.25) is 0 Å². The van der Waals surface area contributed by atoms with Gasteiger partial charge in [-0.25, -0.2) is 0 Å². The summed E-state index contributed by atoms with van der Waals surface area (Å²) in [6.45, 7) is 9.95. The van der Waals surface area contributed by atoms with Gasteiger partial charge in [-0.15, -0.1) is 0 Å². The lowest BCUT2D eigenvalue weighted by atomic mass is 9.52. The Labute approximate surface area is 98.9 Å². The van der Waals surface area contributed by atoms with Crippen LogP contribution >= 0.6 is 0 Å². The Morgan fingerprint density at radius 3 is 2.50 bits per heavy atom. The van der Waals surface area contributed by atoms with Crippen LogP contribution in [0.25, 0.3) is 0 Å². The molecule has 4 rings (SSSR count). The monoisotopic (exact) mass is 220 g/mol. The summed E-state index contributed by atoms with van der Waals surface area (Å²) in [7, 11) is 0. The zero-order valence-electron chi connectivity index (χ0n) is 11.1. The third-order valence-corrected chi connectivity index (χ3v) is 7.42. The van der Waals surface area contributed by atoms with Gasteiger partial charge >= 0.3 is 0 Å². The highest BCUT2D eigenvalue weighted by Crippen LogP contribution is 2.84. The molecule has 3 aliphatic carbocycles. The van der Waals surface area contributed by atoms with Gasteiger partial charge in [0.2, 0.25) is 0 Å². The van der Waals surface area contributed by atoms with E-state index < -0.39 is 0 Å². The summed E-state index contributed by atoms with van der Waals surface area (Å²) >= 11 is 0. The van der Waals surface area contributed by atoms with Crippen LogP contribution in [0.1, 0.15) is 59.8 Å². The predicted molar refractivity (Wildman–Crippen MR) is 64.2 cm³/mol. The highest BCUT2D eigenvalue weighted by atomic mass is 16.6. The van der Waals surface area contributed by atoms with Crippen LogP contribution in [0.15, 0.2) is 0 Å². The van der Waals surface area contributed by atoms with Crippen molar-refractivity contribution in [3.63, 3.8) is 0 Å². The van der Waals surface area contributed by atoms with Crippen LogP contribution in [0.4, 0.5) is 0 Å². The predicted octanol–water partition coefficient (Wildman–Crippen LogP) is 3.77. The normalized spacial score (nSPS) is 65.2. The van der Waals surface area contributed by atoms with Crippen LogP contribution in [0.2, 0.25) is 0 Å². The third-order valence-electron chi connectivity index (χ3n) is 7.42.